The van der Waals surface area contributed by atoms with E-state index in [0.29, 0.717) is 13.2 Å². The van der Waals surface area contributed by atoms with Crippen LogP contribution in [0.5, 0.6) is 11.5 Å². The number of hydrogen-bond acceptors (Lipinski definition) is 3. The molecule has 21 heavy (non-hydrogen) atoms. The monoisotopic (exact) mass is 285 g/mol. The summed E-state index contributed by atoms with van der Waals surface area (Å²) in [6.45, 7) is 3.31. The lowest BCUT2D eigenvalue weighted by atomic mass is 9.96. The van der Waals surface area contributed by atoms with E-state index < -0.39 is 0 Å². The number of rotatable bonds is 7. The molecule has 0 fully saturated rings. The van der Waals surface area contributed by atoms with E-state index in [-0.39, 0.29) is 5.92 Å². The number of nitrogens with two attached hydrogens (primary N) is 1. The van der Waals surface area contributed by atoms with Gasteiger partial charge in [0.15, 0.2) is 0 Å². The van der Waals surface area contributed by atoms with Gasteiger partial charge in [0.25, 0.3) is 0 Å². The summed E-state index contributed by atoms with van der Waals surface area (Å²) in [6.07, 6.45) is 0.887. The minimum absolute atomic E-state index is 0.282. The number of methoxy groups -OCH3 is 1. The number of hydrogen-bond donors (Lipinski definition) is 1. The van der Waals surface area contributed by atoms with E-state index in [1.807, 2.05) is 36.4 Å². The van der Waals surface area contributed by atoms with Gasteiger partial charge in [-0.2, -0.15) is 0 Å². The van der Waals surface area contributed by atoms with Gasteiger partial charge in [-0.1, -0.05) is 30.3 Å². The highest BCUT2D eigenvalue weighted by Crippen LogP contribution is 2.24. The van der Waals surface area contributed by atoms with Crippen LogP contribution < -0.4 is 15.2 Å². The van der Waals surface area contributed by atoms with E-state index in [0.717, 1.165) is 23.5 Å². The van der Waals surface area contributed by atoms with Crippen LogP contribution >= 0.6 is 0 Å². The molecule has 3 nitrogen and oxygen atoms in total. The first kappa shape index (κ1) is 15.4. The van der Waals surface area contributed by atoms with Crippen molar-refractivity contribution in [3.63, 3.8) is 0 Å². The Bertz CT molecular complexity index is 569. The molecule has 0 aliphatic carbocycles. The number of ether oxygens (including phenoxy) is 2. The molecule has 2 rings (SSSR count). The Hall–Kier alpha value is -2.00. The summed E-state index contributed by atoms with van der Waals surface area (Å²) in [5.41, 5.74) is 8.26. The quantitative estimate of drug-likeness (QED) is 0.846. The Morgan fingerprint density at radius 2 is 1.90 bits per heavy atom. The van der Waals surface area contributed by atoms with Gasteiger partial charge >= 0.3 is 0 Å². The van der Waals surface area contributed by atoms with Crippen molar-refractivity contribution in [2.24, 2.45) is 5.73 Å². The third-order valence-electron chi connectivity index (χ3n) is 3.67. The molecule has 3 heteroatoms. The first-order valence-corrected chi connectivity index (χ1v) is 7.27. The summed E-state index contributed by atoms with van der Waals surface area (Å²) in [5, 5.41) is 0. The zero-order chi connectivity index (χ0) is 15.1. The first-order valence-electron chi connectivity index (χ1n) is 7.27. The molecule has 0 amide bonds. The van der Waals surface area contributed by atoms with Crippen LogP contribution in [-0.4, -0.2) is 20.3 Å². The summed E-state index contributed by atoms with van der Waals surface area (Å²) in [7, 11) is 1.68. The maximum absolute atomic E-state index is 5.91. The standard InChI is InChI=1S/C18H23NO2/c1-14-6-3-4-9-18(14)21-11-10-16(13-19)15-7-5-8-17(12-15)20-2/h3-9,12,16H,10-11,13,19H2,1-2H3. The van der Waals surface area contributed by atoms with Gasteiger partial charge in [0, 0.05) is 0 Å². The topological polar surface area (TPSA) is 44.5 Å². The maximum Gasteiger partial charge on any atom is 0.122 e. The molecule has 1 atom stereocenters. The third-order valence-corrected chi connectivity index (χ3v) is 3.67. The normalized spacial score (nSPS) is 12.0. The second kappa shape index (κ2) is 7.70. The summed E-state index contributed by atoms with van der Waals surface area (Å²) in [5.74, 6) is 2.09. The lowest BCUT2D eigenvalue weighted by Gasteiger charge is -2.17. The fourth-order valence-corrected chi connectivity index (χ4v) is 2.35. The van der Waals surface area contributed by atoms with Gasteiger partial charge in [-0.25, -0.2) is 0 Å². The van der Waals surface area contributed by atoms with Gasteiger partial charge in [0.05, 0.1) is 13.7 Å². The molecule has 2 aromatic rings. The fraction of sp³-hybridized carbons (Fsp3) is 0.333. The van der Waals surface area contributed by atoms with Gasteiger partial charge in [0.2, 0.25) is 0 Å². The van der Waals surface area contributed by atoms with Gasteiger partial charge in [0.1, 0.15) is 11.5 Å². The summed E-state index contributed by atoms with van der Waals surface area (Å²) < 4.78 is 11.1. The minimum Gasteiger partial charge on any atom is -0.497 e. The van der Waals surface area contributed by atoms with E-state index in [1.54, 1.807) is 7.11 Å². The molecule has 2 aromatic carbocycles. The molecule has 112 valence electrons. The predicted molar refractivity (Wildman–Crippen MR) is 86.1 cm³/mol. The van der Waals surface area contributed by atoms with Crippen LogP contribution in [0.4, 0.5) is 0 Å². The molecule has 2 N–H and O–H groups in total. The van der Waals surface area contributed by atoms with Crippen molar-refractivity contribution in [1.29, 1.82) is 0 Å². The molecule has 0 saturated carbocycles. The van der Waals surface area contributed by atoms with Crippen LogP contribution in [0.3, 0.4) is 0 Å². The molecule has 0 spiro atoms. The van der Waals surface area contributed by atoms with Crippen molar-refractivity contribution in [3.05, 3.63) is 59.7 Å². The highest BCUT2D eigenvalue weighted by molar-refractivity contribution is 5.32. The Balaban J connectivity index is 1.95. The smallest absolute Gasteiger partial charge is 0.122 e. The molecule has 0 saturated heterocycles. The largest absolute Gasteiger partial charge is 0.497 e. The first-order chi connectivity index (χ1) is 10.2. The van der Waals surface area contributed by atoms with E-state index in [1.165, 1.54) is 5.56 Å². The zero-order valence-corrected chi connectivity index (χ0v) is 12.7. The van der Waals surface area contributed by atoms with Crippen molar-refractivity contribution in [3.8, 4) is 11.5 Å². The van der Waals surface area contributed by atoms with E-state index >= 15 is 0 Å². The van der Waals surface area contributed by atoms with Crippen LogP contribution in [-0.2, 0) is 0 Å². The van der Waals surface area contributed by atoms with E-state index in [4.69, 9.17) is 15.2 Å². The highest BCUT2D eigenvalue weighted by atomic mass is 16.5. The third kappa shape index (κ3) is 4.23. The summed E-state index contributed by atoms with van der Waals surface area (Å²) in [6, 6.07) is 16.1. The van der Waals surface area contributed by atoms with E-state index in [2.05, 4.69) is 19.1 Å². The van der Waals surface area contributed by atoms with Crippen molar-refractivity contribution >= 4 is 0 Å². The highest BCUT2D eigenvalue weighted by Gasteiger charge is 2.11. The van der Waals surface area contributed by atoms with E-state index in [9.17, 15) is 0 Å². The molecule has 0 bridgehead atoms. The SMILES string of the molecule is COc1cccc(C(CN)CCOc2ccccc2C)c1. The zero-order valence-electron chi connectivity index (χ0n) is 12.7. The van der Waals surface area contributed by atoms with Gasteiger partial charge in [-0.05, 0) is 55.1 Å². The lowest BCUT2D eigenvalue weighted by Crippen LogP contribution is -2.15. The fourth-order valence-electron chi connectivity index (χ4n) is 2.35. The van der Waals surface area contributed by atoms with Crippen molar-refractivity contribution in [1.82, 2.24) is 0 Å². The molecule has 1 unspecified atom stereocenters. The van der Waals surface area contributed by atoms with Crippen LogP contribution in [0, 0.1) is 6.92 Å². The molecule has 0 heterocycles. The van der Waals surface area contributed by atoms with Gasteiger partial charge in [-0.15, -0.1) is 0 Å². The molecule has 0 aromatic heterocycles. The van der Waals surface area contributed by atoms with Gasteiger partial charge in [-0.3, -0.25) is 0 Å². The van der Waals surface area contributed by atoms with Crippen LogP contribution in [0.15, 0.2) is 48.5 Å². The molecular formula is C18H23NO2. The molecule has 0 aliphatic rings. The Morgan fingerprint density at radius 1 is 1.10 bits per heavy atom. The lowest BCUT2D eigenvalue weighted by molar-refractivity contribution is 0.296. The molecule has 0 aliphatic heterocycles. The minimum atomic E-state index is 0.282. The second-order valence-corrected chi connectivity index (χ2v) is 5.11. The Labute approximate surface area is 126 Å². The summed E-state index contributed by atoms with van der Waals surface area (Å²) in [4.78, 5) is 0. The average molecular weight is 285 g/mol. The number of para-hydroxylation sites is 1. The van der Waals surface area contributed by atoms with Crippen molar-refractivity contribution in [2.75, 3.05) is 20.3 Å². The van der Waals surface area contributed by atoms with Crippen molar-refractivity contribution < 1.29 is 9.47 Å². The maximum atomic E-state index is 5.91. The number of aryl methyl sites for hydroxylation is 1. The molecule has 0 radical (unpaired) electrons. The summed E-state index contributed by atoms with van der Waals surface area (Å²) >= 11 is 0. The van der Waals surface area contributed by atoms with Gasteiger partial charge < -0.3 is 15.2 Å². The van der Waals surface area contributed by atoms with Crippen LogP contribution in [0.25, 0.3) is 0 Å². The average Bonchev–Trinajstić information content (AvgIpc) is 2.53. The second-order valence-electron chi connectivity index (χ2n) is 5.11. The van der Waals surface area contributed by atoms with Crippen LogP contribution in [0.2, 0.25) is 0 Å². The Morgan fingerprint density at radius 3 is 2.62 bits per heavy atom. The van der Waals surface area contributed by atoms with Crippen LogP contribution in [0.1, 0.15) is 23.5 Å². The van der Waals surface area contributed by atoms with Crippen molar-refractivity contribution in [2.45, 2.75) is 19.3 Å². The number of benzene rings is 2. The predicted octanol–water partition coefficient (Wildman–Crippen LogP) is 3.52. The Kier molecular flexibility index (Phi) is 5.64. The molecular weight excluding hydrogens is 262 g/mol.